The van der Waals surface area contributed by atoms with Crippen LogP contribution in [0.5, 0.6) is 5.75 Å². The average Bonchev–Trinajstić information content (AvgIpc) is 3.10. The number of methoxy groups -OCH3 is 1. The number of ether oxygens (including phenoxy) is 3. The first-order valence-electron chi connectivity index (χ1n) is 15.4. The number of benzene rings is 2. The summed E-state index contributed by atoms with van der Waals surface area (Å²) in [6.07, 6.45) is 1.19. The molecule has 3 aliphatic rings. The van der Waals surface area contributed by atoms with Crippen LogP contribution < -0.4 is 9.64 Å². The van der Waals surface area contributed by atoms with Crippen molar-refractivity contribution >= 4 is 11.8 Å². The second kappa shape index (κ2) is 12.3. The third kappa shape index (κ3) is 6.14. The van der Waals surface area contributed by atoms with E-state index in [9.17, 15) is 9.90 Å². The van der Waals surface area contributed by atoms with E-state index in [0.717, 1.165) is 66.7 Å². The molecule has 1 N–H and O–H groups in total. The zero-order valence-corrected chi connectivity index (χ0v) is 25.7. The van der Waals surface area contributed by atoms with E-state index in [1.54, 1.807) is 7.11 Å². The fourth-order valence-electron chi connectivity index (χ4n) is 6.84. The molecule has 2 fully saturated rings. The molecular formula is C35H43N3O5. The summed E-state index contributed by atoms with van der Waals surface area (Å²) in [7, 11) is 1.58. The second-order valence-electron chi connectivity index (χ2n) is 12.9. The van der Waals surface area contributed by atoms with Gasteiger partial charge in [0, 0.05) is 44.3 Å². The Morgan fingerprint density at radius 3 is 2.67 bits per heavy atom. The van der Waals surface area contributed by atoms with Gasteiger partial charge in [0.2, 0.25) is 0 Å². The highest BCUT2D eigenvalue weighted by Gasteiger charge is 2.36. The molecule has 0 amide bonds. The molecule has 0 spiro atoms. The maximum absolute atomic E-state index is 11.7. The van der Waals surface area contributed by atoms with Crippen LogP contribution in [0.3, 0.4) is 0 Å². The number of aromatic nitrogens is 1. The van der Waals surface area contributed by atoms with Gasteiger partial charge in [-0.25, -0.2) is 4.98 Å². The van der Waals surface area contributed by atoms with Gasteiger partial charge in [-0.2, -0.15) is 0 Å². The number of nitrogens with zero attached hydrogens (tertiary/aromatic N) is 3. The van der Waals surface area contributed by atoms with Gasteiger partial charge in [0.05, 0.1) is 37.0 Å². The van der Waals surface area contributed by atoms with Crippen molar-refractivity contribution in [3.05, 3.63) is 76.9 Å². The summed E-state index contributed by atoms with van der Waals surface area (Å²) >= 11 is 0. The molecule has 2 saturated heterocycles. The molecule has 1 aromatic heterocycles. The van der Waals surface area contributed by atoms with Crippen LogP contribution in [0.1, 0.15) is 42.5 Å². The summed E-state index contributed by atoms with van der Waals surface area (Å²) in [5.41, 5.74) is 6.87. The maximum atomic E-state index is 11.7. The van der Waals surface area contributed by atoms with E-state index in [4.69, 9.17) is 19.2 Å². The van der Waals surface area contributed by atoms with Gasteiger partial charge in [0.25, 0.3) is 0 Å². The molecule has 0 bridgehead atoms. The van der Waals surface area contributed by atoms with E-state index in [1.165, 1.54) is 11.1 Å². The number of hydrogen-bond donors (Lipinski definition) is 1. The Bertz CT molecular complexity index is 1470. The molecule has 3 aromatic rings. The zero-order valence-electron chi connectivity index (χ0n) is 25.7. The number of aliphatic carboxylic acids is 1. The number of hydrogen-bond acceptors (Lipinski definition) is 7. The Hall–Kier alpha value is -3.46. The number of para-hydroxylation sites is 1. The van der Waals surface area contributed by atoms with Crippen LogP contribution in [0.4, 0.5) is 5.82 Å². The van der Waals surface area contributed by atoms with Crippen molar-refractivity contribution in [2.24, 2.45) is 5.92 Å². The predicted molar refractivity (Wildman–Crippen MR) is 167 cm³/mol. The standard InChI is InChI=1S/C35H43N3O5/c1-23-7-5-8-27(30-9-6-10-32(36-30)37-16-14-28(34(39)40)31(18-37)41-4)33(23)43-19-24-11-12-25-13-15-38(26-20-42-21-26)22-35(2,3)29(25)17-24/h5-12,17,26,28,31H,13-16,18-22H2,1-4H3,(H,39,40)/t28-,31+/m1/s1. The third-order valence-corrected chi connectivity index (χ3v) is 9.42. The van der Waals surface area contributed by atoms with Crippen LogP contribution in [-0.2, 0) is 32.7 Å². The van der Waals surface area contributed by atoms with E-state index >= 15 is 0 Å². The quantitative estimate of drug-likeness (QED) is 0.391. The number of rotatable bonds is 8. The predicted octanol–water partition coefficient (Wildman–Crippen LogP) is 5.10. The number of fused-ring (bicyclic) bond motifs is 1. The molecule has 3 aliphatic heterocycles. The second-order valence-corrected chi connectivity index (χ2v) is 12.9. The topological polar surface area (TPSA) is 84.4 Å². The van der Waals surface area contributed by atoms with Gasteiger partial charge < -0.3 is 24.2 Å². The summed E-state index contributed by atoms with van der Waals surface area (Å²) in [4.78, 5) is 21.4. The smallest absolute Gasteiger partial charge is 0.309 e. The number of anilines is 1. The molecule has 2 aromatic carbocycles. The van der Waals surface area contributed by atoms with E-state index < -0.39 is 11.9 Å². The van der Waals surface area contributed by atoms with Gasteiger partial charge in [-0.3, -0.25) is 9.69 Å². The summed E-state index contributed by atoms with van der Waals surface area (Å²) in [6, 6.07) is 19.5. The van der Waals surface area contributed by atoms with Crippen molar-refractivity contribution in [3.8, 4) is 17.0 Å². The lowest BCUT2D eigenvalue weighted by molar-refractivity contribution is -0.147. The lowest BCUT2D eigenvalue weighted by Gasteiger charge is -2.40. The van der Waals surface area contributed by atoms with Crippen LogP contribution in [0.2, 0.25) is 0 Å². The van der Waals surface area contributed by atoms with E-state index in [-0.39, 0.29) is 11.5 Å². The maximum Gasteiger partial charge on any atom is 0.309 e. The first-order chi connectivity index (χ1) is 20.7. The summed E-state index contributed by atoms with van der Waals surface area (Å²) < 4.78 is 17.6. The molecule has 4 heterocycles. The van der Waals surface area contributed by atoms with Gasteiger partial charge in [0.15, 0.2) is 0 Å². The summed E-state index contributed by atoms with van der Waals surface area (Å²) in [5, 5.41) is 9.58. The zero-order chi connectivity index (χ0) is 30.1. The molecule has 0 aliphatic carbocycles. The molecule has 2 atom stereocenters. The van der Waals surface area contributed by atoms with E-state index in [1.807, 2.05) is 24.3 Å². The molecule has 8 nitrogen and oxygen atoms in total. The van der Waals surface area contributed by atoms with Crippen LogP contribution in [-0.4, -0.2) is 79.6 Å². The number of aryl methyl sites for hydroxylation is 1. The number of carbonyl (C=O) groups is 1. The average molecular weight is 586 g/mol. The largest absolute Gasteiger partial charge is 0.488 e. The van der Waals surface area contributed by atoms with Gasteiger partial charge in [-0.1, -0.05) is 50.2 Å². The minimum Gasteiger partial charge on any atom is -0.488 e. The molecular weight excluding hydrogens is 542 g/mol. The van der Waals surface area contributed by atoms with Crippen LogP contribution in [0, 0.1) is 12.8 Å². The number of pyridine rings is 1. The molecule has 0 saturated carbocycles. The molecule has 6 rings (SSSR count). The van der Waals surface area contributed by atoms with Gasteiger partial charge in [-0.15, -0.1) is 0 Å². The lowest BCUT2D eigenvalue weighted by atomic mass is 9.81. The fourth-order valence-corrected chi connectivity index (χ4v) is 6.84. The monoisotopic (exact) mass is 585 g/mol. The highest BCUT2D eigenvalue weighted by Crippen LogP contribution is 2.36. The molecule has 228 valence electrons. The van der Waals surface area contributed by atoms with Crippen molar-refractivity contribution in [3.63, 3.8) is 0 Å². The van der Waals surface area contributed by atoms with E-state index in [2.05, 4.69) is 60.9 Å². The fraction of sp³-hybridized carbons (Fsp3) is 0.486. The van der Waals surface area contributed by atoms with Gasteiger partial charge >= 0.3 is 5.97 Å². The molecule has 0 radical (unpaired) electrons. The van der Waals surface area contributed by atoms with Gasteiger partial charge in [-0.05, 0) is 60.2 Å². The van der Waals surface area contributed by atoms with Crippen molar-refractivity contribution in [2.45, 2.75) is 57.8 Å². The van der Waals surface area contributed by atoms with Gasteiger partial charge in [0.1, 0.15) is 18.2 Å². The highest BCUT2D eigenvalue weighted by molar-refractivity contribution is 5.72. The molecule has 43 heavy (non-hydrogen) atoms. The summed E-state index contributed by atoms with van der Waals surface area (Å²) in [6.45, 7) is 12.1. The normalized spacial score (nSPS) is 22.4. The van der Waals surface area contributed by atoms with Crippen molar-refractivity contribution in [1.82, 2.24) is 9.88 Å². The van der Waals surface area contributed by atoms with Crippen molar-refractivity contribution in [2.75, 3.05) is 51.4 Å². The van der Waals surface area contributed by atoms with Crippen molar-refractivity contribution < 1.29 is 24.1 Å². The Labute approximate surface area is 254 Å². The number of carboxylic acids is 1. The minimum absolute atomic E-state index is 0.0381. The number of carboxylic acid groups (broad SMARTS) is 1. The Morgan fingerprint density at radius 2 is 1.93 bits per heavy atom. The van der Waals surface area contributed by atoms with Crippen LogP contribution in [0.25, 0.3) is 11.3 Å². The lowest BCUT2D eigenvalue weighted by Crippen LogP contribution is -2.52. The first-order valence-corrected chi connectivity index (χ1v) is 15.4. The Balaban J connectivity index is 1.21. The molecule has 8 heteroatoms. The van der Waals surface area contributed by atoms with E-state index in [0.29, 0.717) is 32.2 Å². The first kappa shape index (κ1) is 29.6. The molecule has 0 unspecified atom stereocenters. The third-order valence-electron chi connectivity index (χ3n) is 9.42. The highest BCUT2D eigenvalue weighted by atomic mass is 16.5. The SMILES string of the molecule is CO[C@H]1CN(c2cccc(-c3cccc(C)c3OCc3ccc4c(c3)C(C)(C)CN(C3COC3)CC4)n2)CC[C@H]1C(=O)O. The minimum atomic E-state index is -0.807. The van der Waals surface area contributed by atoms with Crippen LogP contribution in [0.15, 0.2) is 54.6 Å². The summed E-state index contributed by atoms with van der Waals surface area (Å²) in [5.74, 6) is 0.331. The Kier molecular flexibility index (Phi) is 8.45. The Morgan fingerprint density at radius 1 is 1.12 bits per heavy atom. The number of piperidine rings is 1. The van der Waals surface area contributed by atoms with Crippen molar-refractivity contribution in [1.29, 1.82) is 0 Å². The van der Waals surface area contributed by atoms with Crippen LogP contribution >= 0.6 is 0 Å².